The summed E-state index contributed by atoms with van der Waals surface area (Å²) in [6.07, 6.45) is 0. The molecule has 2 aromatic heterocycles. The van der Waals surface area contributed by atoms with E-state index in [9.17, 15) is 0 Å². The predicted octanol–water partition coefficient (Wildman–Crippen LogP) is 6.50. The van der Waals surface area contributed by atoms with Crippen LogP contribution in [0.3, 0.4) is 0 Å². The fourth-order valence-corrected chi connectivity index (χ4v) is 4.24. The number of para-hydroxylation sites is 2. The number of hydrogen-bond acceptors (Lipinski definition) is 0. The maximum atomic E-state index is 2.43. The third kappa shape index (κ3) is 1.62. The summed E-state index contributed by atoms with van der Waals surface area (Å²) in [6, 6.07) is 32.8. The summed E-state index contributed by atoms with van der Waals surface area (Å²) < 4.78 is 2.43. The van der Waals surface area contributed by atoms with Crippen LogP contribution < -0.4 is 0 Å². The van der Waals surface area contributed by atoms with Gasteiger partial charge < -0.3 is 4.40 Å². The molecule has 0 fully saturated rings. The van der Waals surface area contributed by atoms with Gasteiger partial charge in [0, 0.05) is 21.5 Å². The molecule has 4 aromatic carbocycles. The minimum atomic E-state index is 1.26. The van der Waals surface area contributed by atoms with E-state index in [1.54, 1.807) is 0 Å². The van der Waals surface area contributed by atoms with E-state index in [4.69, 9.17) is 0 Å². The summed E-state index contributed by atoms with van der Waals surface area (Å²) >= 11 is 0. The van der Waals surface area contributed by atoms with Gasteiger partial charge >= 0.3 is 0 Å². The summed E-state index contributed by atoms with van der Waals surface area (Å²) in [4.78, 5) is 0. The summed E-state index contributed by atoms with van der Waals surface area (Å²) in [5.41, 5.74) is 6.43. The Morgan fingerprint density at radius 1 is 0.440 bits per heavy atom. The number of rotatable bonds is 1. The summed E-state index contributed by atoms with van der Waals surface area (Å²) in [5, 5.41) is 5.33. The van der Waals surface area contributed by atoms with E-state index in [1.807, 2.05) is 0 Å². The maximum Gasteiger partial charge on any atom is 0.0620 e. The first-order chi connectivity index (χ1) is 12.4. The average Bonchev–Trinajstić information content (AvgIpc) is 3.20. The highest BCUT2D eigenvalue weighted by Crippen LogP contribution is 2.39. The van der Waals surface area contributed by atoms with Crippen molar-refractivity contribution < 1.29 is 0 Å². The van der Waals surface area contributed by atoms with Gasteiger partial charge in [0.25, 0.3) is 0 Å². The lowest BCUT2D eigenvalue weighted by molar-refractivity contribution is 1.37. The van der Waals surface area contributed by atoms with Crippen molar-refractivity contribution in [3.05, 3.63) is 91.0 Å². The van der Waals surface area contributed by atoms with Gasteiger partial charge in [0.15, 0.2) is 0 Å². The quantitative estimate of drug-likeness (QED) is 0.326. The van der Waals surface area contributed by atoms with E-state index < -0.39 is 0 Å². The van der Waals surface area contributed by atoms with Gasteiger partial charge in [0.05, 0.1) is 16.6 Å². The molecular weight excluding hydrogens is 302 g/mol. The molecule has 0 amide bonds. The van der Waals surface area contributed by atoms with Crippen LogP contribution in [-0.4, -0.2) is 4.40 Å². The Balaban J connectivity index is 1.85. The molecule has 2 heterocycles. The lowest BCUT2D eigenvalue weighted by Gasteiger charge is -2.03. The Kier molecular flexibility index (Phi) is 2.40. The van der Waals surface area contributed by atoms with Gasteiger partial charge in [-0.15, -0.1) is 0 Å². The van der Waals surface area contributed by atoms with Gasteiger partial charge in [-0.2, -0.15) is 0 Å². The Morgan fingerprint density at radius 2 is 1.12 bits per heavy atom. The molecule has 0 bridgehead atoms. The van der Waals surface area contributed by atoms with E-state index >= 15 is 0 Å². The zero-order valence-corrected chi connectivity index (χ0v) is 13.6. The molecule has 0 saturated carbocycles. The fraction of sp³-hybridized carbons (Fsp3) is 0. The highest BCUT2D eigenvalue weighted by Gasteiger charge is 2.16. The molecule has 0 N–H and O–H groups in total. The molecule has 1 heteroatoms. The van der Waals surface area contributed by atoms with Crippen LogP contribution in [0.25, 0.3) is 49.2 Å². The number of aromatic nitrogens is 1. The Bertz CT molecular complexity index is 1370. The third-order valence-electron chi connectivity index (χ3n) is 5.33. The lowest BCUT2D eigenvalue weighted by Crippen LogP contribution is -1.82. The van der Waals surface area contributed by atoms with Gasteiger partial charge in [-0.3, -0.25) is 0 Å². The van der Waals surface area contributed by atoms with E-state index in [0.29, 0.717) is 0 Å². The third-order valence-corrected chi connectivity index (χ3v) is 5.33. The molecule has 25 heavy (non-hydrogen) atoms. The molecule has 0 unspecified atom stereocenters. The van der Waals surface area contributed by atoms with E-state index in [-0.39, 0.29) is 0 Å². The van der Waals surface area contributed by atoms with Crippen LogP contribution in [0.5, 0.6) is 0 Å². The lowest BCUT2D eigenvalue weighted by atomic mass is 10.0. The monoisotopic (exact) mass is 317 g/mol. The molecule has 1 nitrogen and oxygen atoms in total. The minimum absolute atomic E-state index is 1.26. The van der Waals surface area contributed by atoms with E-state index in [0.717, 1.165) is 0 Å². The molecule has 0 aliphatic rings. The van der Waals surface area contributed by atoms with Crippen LogP contribution in [0.15, 0.2) is 91.0 Å². The average molecular weight is 317 g/mol. The van der Waals surface area contributed by atoms with Crippen molar-refractivity contribution in [1.82, 2.24) is 4.40 Å². The normalized spacial score (nSPS) is 12.0. The smallest absolute Gasteiger partial charge is 0.0620 e. The predicted molar refractivity (Wildman–Crippen MR) is 107 cm³/mol. The van der Waals surface area contributed by atoms with Crippen molar-refractivity contribution >= 4 is 38.1 Å². The van der Waals surface area contributed by atoms with Crippen molar-refractivity contribution in [2.24, 2.45) is 0 Å². The van der Waals surface area contributed by atoms with Crippen molar-refractivity contribution in [3.8, 4) is 11.1 Å². The van der Waals surface area contributed by atoms with Gasteiger partial charge in [0.1, 0.15) is 0 Å². The molecule has 0 aliphatic heterocycles. The van der Waals surface area contributed by atoms with Gasteiger partial charge in [-0.1, -0.05) is 78.9 Å². The molecule has 6 rings (SSSR count). The number of nitrogens with zero attached hydrogens (tertiary/aromatic N) is 1. The van der Waals surface area contributed by atoms with Crippen molar-refractivity contribution in [1.29, 1.82) is 0 Å². The molecule has 0 atom stereocenters. The Morgan fingerprint density at radius 3 is 1.96 bits per heavy atom. The Hall–Kier alpha value is -3.32. The van der Waals surface area contributed by atoms with Gasteiger partial charge in [-0.05, 0) is 23.3 Å². The molecule has 0 saturated heterocycles. The maximum absolute atomic E-state index is 2.43. The highest BCUT2D eigenvalue weighted by atomic mass is 14.9. The molecule has 116 valence electrons. The first-order valence-corrected chi connectivity index (χ1v) is 8.64. The second-order valence-electron chi connectivity index (χ2n) is 6.65. The van der Waals surface area contributed by atoms with Crippen molar-refractivity contribution in [3.63, 3.8) is 0 Å². The zero-order valence-electron chi connectivity index (χ0n) is 13.6. The topological polar surface area (TPSA) is 4.41 Å². The van der Waals surface area contributed by atoms with Gasteiger partial charge in [0.2, 0.25) is 0 Å². The van der Waals surface area contributed by atoms with Gasteiger partial charge in [-0.25, -0.2) is 0 Å². The van der Waals surface area contributed by atoms with Crippen molar-refractivity contribution in [2.45, 2.75) is 0 Å². The minimum Gasteiger partial charge on any atom is -0.308 e. The fourth-order valence-electron chi connectivity index (χ4n) is 4.24. The molecule has 6 aromatic rings. The van der Waals surface area contributed by atoms with Crippen LogP contribution >= 0.6 is 0 Å². The standard InChI is InChI=1S/C24H15N/c1-2-7-16(8-3-1)17-13-14-19-21-11-6-10-20-18-9-4-5-12-22(18)25(24(20)21)23(19)15-17/h1-15H. The number of benzene rings is 4. The summed E-state index contributed by atoms with van der Waals surface area (Å²) in [6.45, 7) is 0. The second kappa shape index (κ2) is 4.61. The highest BCUT2D eigenvalue weighted by molar-refractivity contribution is 6.23. The molecule has 0 aliphatic carbocycles. The van der Waals surface area contributed by atoms with Crippen LogP contribution in [-0.2, 0) is 0 Å². The molecule has 0 spiro atoms. The van der Waals surface area contributed by atoms with Crippen LogP contribution in [0, 0.1) is 0 Å². The van der Waals surface area contributed by atoms with Crippen LogP contribution in [0.2, 0.25) is 0 Å². The summed E-state index contributed by atoms with van der Waals surface area (Å²) in [5.74, 6) is 0. The number of fused-ring (bicyclic) bond motifs is 6. The Labute approximate surface area is 145 Å². The summed E-state index contributed by atoms with van der Waals surface area (Å²) in [7, 11) is 0. The van der Waals surface area contributed by atoms with E-state index in [2.05, 4.69) is 95.4 Å². The first-order valence-electron chi connectivity index (χ1n) is 8.64. The second-order valence-corrected chi connectivity index (χ2v) is 6.65. The molecule has 0 radical (unpaired) electrons. The number of hydrogen-bond donors (Lipinski definition) is 0. The van der Waals surface area contributed by atoms with Crippen LogP contribution in [0.1, 0.15) is 0 Å². The molecular formula is C24H15N. The largest absolute Gasteiger partial charge is 0.308 e. The van der Waals surface area contributed by atoms with E-state index in [1.165, 1.54) is 49.2 Å². The van der Waals surface area contributed by atoms with Crippen LogP contribution in [0.4, 0.5) is 0 Å². The SMILES string of the molecule is c1ccc(-c2ccc3c4cccc5c6ccccc6n(c3c2)c54)cc1. The first kappa shape index (κ1) is 13.0. The zero-order chi connectivity index (χ0) is 16.4. The van der Waals surface area contributed by atoms with Crippen molar-refractivity contribution in [2.75, 3.05) is 0 Å².